The monoisotopic (exact) mass is 408 g/mol. The Morgan fingerprint density at radius 1 is 1.04 bits per heavy atom. The first-order chi connectivity index (χ1) is 13.4. The van der Waals surface area contributed by atoms with Gasteiger partial charge >= 0.3 is 6.18 Å². The van der Waals surface area contributed by atoms with Crippen LogP contribution in [-0.4, -0.2) is 30.6 Å². The van der Waals surface area contributed by atoms with Crippen molar-refractivity contribution in [2.75, 3.05) is 19.6 Å². The van der Waals surface area contributed by atoms with Gasteiger partial charge in [0.2, 0.25) is 0 Å². The van der Waals surface area contributed by atoms with E-state index >= 15 is 0 Å². The van der Waals surface area contributed by atoms with E-state index in [1.165, 1.54) is 17.7 Å². The molecule has 0 saturated carbocycles. The van der Waals surface area contributed by atoms with Crippen LogP contribution in [0.3, 0.4) is 0 Å². The Morgan fingerprint density at radius 2 is 1.79 bits per heavy atom. The Hall–Kier alpha value is -1.56. The number of nitrogens with zero attached hydrogens (tertiary/aromatic N) is 1. The highest BCUT2D eigenvalue weighted by molar-refractivity contribution is 6.30. The lowest BCUT2D eigenvalue weighted by Gasteiger charge is -2.51. The summed E-state index contributed by atoms with van der Waals surface area (Å²) < 4.78 is 39.7. The minimum Gasteiger partial charge on any atom is -0.311 e. The Kier molecular flexibility index (Phi) is 5.68. The van der Waals surface area contributed by atoms with Crippen LogP contribution in [0.25, 0.3) is 0 Å². The standard InChI is InChI=1S/C22H24ClF3N2/c23-18-6-3-5-17(14-18)21-20(16-9-12-28(21)13-10-16)27-11-8-15-4-1-2-7-19(15)22(24,25)26/h1-7,14,16,20-21,27H,8-13H2. The highest BCUT2D eigenvalue weighted by atomic mass is 35.5. The number of benzene rings is 2. The van der Waals surface area contributed by atoms with Gasteiger partial charge in [0.05, 0.1) is 11.6 Å². The van der Waals surface area contributed by atoms with Crippen LogP contribution in [0.2, 0.25) is 5.02 Å². The van der Waals surface area contributed by atoms with Gasteiger partial charge in [-0.1, -0.05) is 41.9 Å². The summed E-state index contributed by atoms with van der Waals surface area (Å²) >= 11 is 6.21. The van der Waals surface area contributed by atoms with E-state index in [2.05, 4.69) is 16.3 Å². The molecule has 3 fully saturated rings. The molecule has 3 heterocycles. The van der Waals surface area contributed by atoms with Crippen molar-refractivity contribution in [1.82, 2.24) is 10.2 Å². The van der Waals surface area contributed by atoms with Crippen molar-refractivity contribution < 1.29 is 13.2 Å². The smallest absolute Gasteiger partial charge is 0.311 e. The van der Waals surface area contributed by atoms with Gasteiger partial charge in [-0.25, -0.2) is 0 Å². The van der Waals surface area contributed by atoms with Crippen LogP contribution in [0, 0.1) is 5.92 Å². The van der Waals surface area contributed by atoms with Gasteiger partial charge in [0.15, 0.2) is 0 Å². The number of rotatable bonds is 5. The van der Waals surface area contributed by atoms with Gasteiger partial charge in [-0.05, 0) is 74.1 Å². The van der Waals surface area contributed by atoms with Crippen LogP contribution < -0.4 is 5.32 Å². The number of piperidine rings is 3. The minimum atomic E-state index is -4.31. The summed E-state index contributed by atoms with van der Waals surface area (Å²) in [7, 11) is 0. The molecule has 3 aliphatic rings. The van der Waals surface area contributed by atoms with E-state index in [0.29, 0.717) is 24.4 Å². The number of nitrogens with one attached hydrogen (secondary N) is 1. The maximum absolute atomic E-state index is 13.2. The highest BCUT2D eigenvalue weighted by Crippen LogP contribution is 2.41. The Labute approximate surface area is 168 Å². The lowest BCUT2D eigenvalue weighted by molar-refractivity contribution is -0.138. The summed E-state index contributed by atoms with van der Waals surface area (Å²) in [6, 6.07) is 14.3. The van der Waals surface area contributed by atoms with E-state index in [0.717, 1.165) is 31.0 Å². The number of hydrogen-bond donors (Lipinski definition) is 1. The molecule has 28 heavy (non-hydrogen) atoms. The Morgan fingerprint density at radius 3 is 2.50 bits per heavy atom. The fourth-order valence-corrected chi connectivity index (χ4v) is 5.02. The molecule has 0 aromatic heterocycles. The third-order valence-corrected chi connectivity index (χ3v) is 6.34. The van der Waals surface area contributed by atoms with Crippen LogP contribution in [0.15, 0.2) is 48.5 Å². The van der Waals surface area contributed by atoms with E-state index < -0.39 is 11.7 Å². The van der Waals surface area contributed by atoms with E-state index in [4.69, 9.17) is 11.6 Å². The minimum absolute atomic E-state index is 0.226. The van der Waals surface area contributed by atoms with Crippen LogP contribution in [0.5, 0.6) is 0 Å². The first kappa shape index (κ1) is 19.7. The third kappa shape index (κ3) is 4.07. The fourth-order valence-electron chi connectivity index (χ4n) is 4.82. The van der Waals surface area contributed by atoms with E-state index in [1.54, 1.807) is 12.1 Å². The second-order valence-electron chi connectivity index (χ2n) is 7.76. The SMILES string of the molecule is FC(F)(F)c1ccccc1CCNC1C2CCN(CC2)C1c1cccc(Cl)c1. The lowest BCUT2D eigenvalue weighted by Crippen LogP contribution is -2.58. The zero-order valence-corrected chi connectivity index (χ0v) is 16.3. The van der Waals surface area contributed by atoms with Crippen molar-refractivity contribution in [3.8, 4) is 0 Å². The second kappa shape index (κ2) is 8.05. The molecule has 0 radical (unpaired) electrons. The number of alkyl halides is 3. The normalized spacial score (nSPS) is 27.1. The quantitative estimate of drug-likeness (QED) is 0.719. The van der Waals surface area contributed by atoms with Crippen molar-refractivity contribution >= 4 is 11.6 Å². The van der Waals surface area contributed by atoms with Crippen molar-refractivity contribution in [3.63, 3.8) is 0 Å². The van der Waals surface area contributed by atoms with Crippen LogP contribution >= 0.6 is 11.6 Å². The summed E-state index contributed by atoms with van der Waals surface area (Å²) in [4.78, 5) is 2.48. The van der Waals surface area contributed by atoms with Gasteiger partial charge < -0.3 is 5.32 Å². The predicted molar refractivity (Wildman–Crippen MR) is 105 cm³/mol. The molecule has 2 unspecified atom stereocenters. The van der Waals surface area contributed by atoms with E-state index in [-0.39, 0.29) is 12.1 Å². The average Bonchev–Trinajstić information content (AvgIpc) is 2.68. The molecule has 2 aromatic rings. The number of halogens is 4. The molecular formula is C22H24ClF3N2. The molecule has 6 heteroatoms. The average molecular weight is 409 g/mol. The summed E-state index contributed by atoms with van der Waals surface area (Å²) in [6.45, 7) is 2.66. The van der Waals surface area contributed by atoms with Gasteiger partial charge in [0.25, 0.3) is 0 Å². The maximum atomic E-state index is 13.2. The molecule has 1 N–H and O–H groups in total. The highest BCUT2D eigenvalue weighted by Gasteiger charge is 2.42. The van der Waals surface area contributed by atoms with E-state index in [1.807, 2.05) is 18.2 Å². The van der Waals surface area contributed by atoms with Gasteiger partial charge in [0, 0.05) is 11.1 Å². The first-order valence-corrected chi connectivity index (χ1v) is 10.2. The van der Waals surface area contributed by atoms with Gasteiger partial charge in [0.1, 0.15) is 0 Å². The molecule has 2 aromatic carbocycles. The summed E-state index contributed by atoms with van der Waals surface area (Å²) in [5.74, 6) is 0.548. The van der Waals surface area contributed by atoms with Gasteiger partial charge in [-0.15, -0.1) is 0 Å². The molecule has 5 rings (SSSR count). The summed E-state index contributed by atoms with van der Waals surface area (Å²) in [5.41, 5.74) is 1.00. The molecule has 3 aliphatic heterocycles. The maximum Gasteiger partial charge on any atom is 0.416 e. The summed E-state index contributed by atoms with van der Waals surface area (Å²) in [5, 5.41) is 4.32. The van der Waals surface area contributed by atoms with Crippen molar-refractivity contribution in [3.05, 3.63) is 70.2 Å². The molecule has 2 nitrogen and oxygen atoms in total. The third-order valence-electron chi connectivity index (χ3n) is 6.10. The molecule has 3 saturated heterocycles. The van der Waals surface area contributed by atoms with Gasteiger partial charge in [-0.2, -0.15) is 13.2 Å². The molecule has 0 amide bonds. The van der Waals surface area contributed by atoms with Crippen LogP contribution in [-0.2, 0) is 12.6 Å². The fraction of sp³-hybridized carbons (Fsp3) is 0.455. The molecule has 150 valence electrons. The van der Waals surface area contributed by atoms with Crippen LogP contribution in [0.1, 0.15) is 35.6 Å². The van der Waals surface area contributed by atoms with Crippen molar-refractivity contribution in [1.29, 1.82) is 0 Å². The second-order valence-corrected chi connectivity index (χ2v) is 8.19. The topological polar surface area (TPSA) is 15.3 Å². The first-order valence-electron chi connectivity index (χ1n) is 9.81. The Bertz CT molecular complexity index is 815. The largest absolute Gasteiger partial charge is 0.416 e. The zero-order valence-electron chi connectivity index (χ0n) is 15.6. The summed E-state index contributed by atoms with van der Waals surface area (Å²) in [6.07, 6.45) is -1.68. The number of fused-ring (bicyclic) bond motifs is 3. The lowest BCUT2D eigenvalue weighted by atomic mass is 9.76. The molecule has 2 atom stereocenters. The van der Waals surface area contributed by atoms with Crippen LogP contribution in [0.4, 0.5) is 13.2 Å². The molecule has 2 bridgehead atoms. The number of hydrogen-bond acceptors (Lipinski definition) is 2. The molecular weight excluding hydrogens is 385 g/mol. The van der Waals surface area contributed by atoms with Crippen molar-refractivity contribution in [2.24, 2.45) is 5.92 Å². The molecule has 0 aliphatic carbocycles. The Balaban J connectivity index is 1.49. The van der Waals surface area contributed by atoms with Crippen molar-refractivity contribution in [2.45, 2.75) is 37.5 Å². The zero-order chi connectivity index (χ0) is 19.7. The molecule has 0 spiro atoms. The van der Waals surface area contributed by atoms with Gasteiger partial charge in [-0.3, -0.25) is 4.90 Å². The predicted octanol–water partition coefficient (Wildman–Crippen LogP) is 5.33. The van der Waals surface area contributed by atoms with E-state index in [9.17, 15) is 13.2 Å².